The summed E-state index contributed by atoms with van der Waals surface area (Å²) in [5.74, 6) is 0.851. The molecule has 1 aliphatic carbocycles. The van der Waals surface area contributed by atoms with Crippen LogP contribution in [0.5, 0.6) is 5.75 Å². The minimum absolute atomic E-state index is 0.184. The van der Waals surface area contributed by atoms with Crippen molar-refractivity contribution in [2.75, 3.05) is 19.8 Å². The van der Waals surface area contributed by atoms with Crippen molar-refractivity contribution in [1.29, 1.82) is 0 Å². The lowest BCUT2D eigenvalue weighted by molar-refractivity contribution is 0.299. The third kappa shape index (κ3) is 4.51. The molecule has 2 rings (SSSR count). The molecule has 0 heterocycles. The van der Waals surface area contributed by atoms with Crippen molar-refractivity contribution in [3.63, 3.8) is 0 Å². The first-order valence-electron chi connectivity index (χ1n) is 6.50. The number of hydrogen-bond donors (Lipinski definition) is 2. The molecule has 0 unspecified atom stereocenters. The fourth-order valence-electron chi connectivity index (χ4n) is 1.69. The Morgan fingerprint density at radius 3 is 2.67 bits per heavy atom. The highest BCUT2D eigenvalue weighted by Crippen LogP contribution is 2.18. The van der Waals surface area contributed by atoms with E-state index in [-0.39, 0.29) is 6.61 Å². The molecule has 0 saturated heterocycles. The van der Waals surface area contributed by atoms with Crippen LogP contribution in [0.4, 0.5) is 0 Å². The number of ether oxygens (including phenoxy) is 1. The molecule has 3 heteroatoms. The first-order valence-corrected chi connectivity index (χ1v) is 6.50. The highest BCUT2D eigenvalue weighted by atomic mass is 16.5. The molecule has 2 N–H and O–H groups in total. The van der Waals surface area contributed by atoms with Gasteiger partial charge in [0, 0.05) is 19.2 Å². The Morgan fingerprint density at radius 1 is 1.33 bits per heavy atom. The summed E-state index contributed by atoms with van der Waals surface area (Å²) in [6.45, 7) is 5.58. The van der Waals surface area contributed by atoms with Crippen LogP contribution < -0.4 is 10.1 Å². The molecule has 0 bridgehead atoms. The Balaban J connectivity index is 1.69. The molecule has 1 aromatic carbocycles. The van der Waals surface area contributed by atoms with Crippen LogP contribution >= 0.6 is 0 Å². The van der Waals surface area contributed by atoms with Crippen molar-refractivity contribution in [1.82, 2.24) is 5.32 Å². The molecule has 0 amide bonds. The summed E-state index contributed by atoms with van der Waals surface area (Å²) in [6, 6.07) is 8.55. The lowest BCUT2D eigenvalue weighted by Gasteiger charge is -2.10. The summed E-state index contributed by atoms with van der Waals surface area (Å²) in [7, 11) is 0. The van der Waals surface area contributed by atoms with Gasteiger partial charge < -0.3 is 15.2 Å². The maximum atomic E-state index is 8.82. The van der Waals surface area contributed by atoms with Gasteiger partial charge in [-0.05, 0) is 42.5 Å². The third-order valence-corrected chi connectivity index (χ3v) is 2.98. The van der Waals surface area contributed by atoms with Gasteiger partial charge in [-0.2, -0.15) is 0 Å². The van der Waals surface area contributed by atoms with Gasteiger partial charge >= 0.3 is 0 Å². The van der Waals surface area contributed by atoms with Gasteiger partial charge in [-0.25, -0.2) is 0 Å². The van der Waals surface area contributed by atoms with E-state index in [0.717, 1.165) is 23.4 Å². The second-order valence-electron chi connectivity index (χ2n) is 4.81. The zero-order chi connectivity index (χ0) is 12.8. The molecule has 3 nitrogen and oxygen atoms in total. The molecule has 1 aliphatic rings. The molecule has 1 saturated carbocycles. The van der Waals surface area contributed by atoms with Crippen LogP contribution in [0.25, 0.3) is 0 Å². The average Bonchev–Trinajstić information content (AvgIpc) is 3.20. The standard InChI is InChI=1S/C15H21NO2/c1-12(10-16-14-4-5-14)11-18-15-6-2-13(3-7-15)8-9-17/h2-3,6-7,14,16-17H,1,4-5,8-11H2. The molecule has 0 aromatic heterocycles. The Kier molecular flexibility index (Phi) is 4.79. The number of aliphatic hydroxyl groups is 1. The van der Waals surface area contributed by atoms with Crippen LogP contribution in [-0.4, -0.2) is 30.9 Å². The van der Waals surface area contributed by atoms with E-state index in [0.29, 0.717) is 19.1 Å². The van der Waals surface area contributed by atoms with Crippen molar-refractivity contribution >= 4 is 0 Å². The maximum Gasteiger partial charge on any atom is 0.119 e. The van der Waals surface area contributed by atoms with Gasteiger partial charge in [-0.1, -0.05) is 18.7 Å². The summed E-state index contributed by atoms with van der Waals surface area (Å²) < 4.78 is 5.65. The van der Waals surface area contributed by atoms with Gasteiger partial charge in [0.15, 0.2) is 0 Å². The predicted molar refractivity (Wildman–Crippen MR) is 72.9 cm³/mol. The van der Waals surface area contributed by atoms with E-state index in [1.54, 1.807) is 0 Å². The second kappa shape index (κ2) is 6.57. The molecule has 1 fully saturated rings. The van der Waals surface area contributed by atoms with E-state index < -0.39 is 0 Å². The highest BCUT2D eigenvalue weighted by Gasteiger charge is 2.19. The molecule has 0 spiro atoms. The molecule has 98 valence electrons. The van der Waals surface area contributed by atoms with Crippen LogP contribution in [-0.2, 0) is 6.42 Å². The SMILES string of the molecule is C=C(CNC1CC1)COc1ccc(CCO)cc1. The van der Waals surface area contributed by atoms with E-state index in [1.165, 1.54) is 12.8 Å². The Morgan fingerprint density at radius 2 is 2.06 bits per heavy atom. The van der Waals surface area contributed by atoms with Crippen LogP contribution in [0, 0.1) is 0 Å². The lowest BCUT2D eigenvalue weighted by atomic mass is 10.1. The van der Waals surface area contributed by atoms with Crippen LogP contribution in [0.2, 0.25) is 0 Å². The Hall–Kier alpha value is -1.32. The van der Waals surface area contributed by atoms with Gasteiger partial charge in [0.05, 0.1) is 0 Å². The van der Waals surface area contributed by atoms with Crippen LogP contribution in [0.1, 0.15) is 18.4 Å². The van der Waals surface area contributed by atoms with Gasteiger partial charge in [-0.15, -0.1) is 0 Å². The average molecular weight is 247 g/mol. The molecule has 0 radical (unpaired) electrons. The first kappa shape index (κ1) is 13.1. The summed E-state index contributed by atoms with van der Waals surface area (Å²) in [5, 5.41) is 12.2. The molecule has 1 aromatic rings. The summed E-state index contributed by atoms with van der Waals surface area (Å²) in [5.41, 5.74) is 2.19. The van der Waals surface area contributed by atoms with E-state index in [2.05, 4.69) is 11.9 Å². The Labute approximate surface area is 108 Å². The quantitative estimate of drug-likeness (QED) is 0.689. The Bertz CT molecular complexity index is 382. The van der Waals surface area contributed by atoms with Crippen molar-refractivity contribution in [3.8, 4) is 5.75 Å². The van der Waals surface area contributed by atoms with Gasteiger partial charge in [0.2, 0.25) is 0 Å². The summed E-state index contributed by atoms with van der Waals surface area (Å²) in [4.78, 5) is 0. The highest BCUT2D eigenvalue weighted by molar-refractivity contribution is 5.27. The molecular formula is C15H21NO2. The predicted octanol–water partition coefficient (Wildman–Crippen LogP) is 1.91. The second-order valence-corrected chi connectivity index (χ2v) is 4.81. The van der Waals surface area contributed by atoms with Gasteiger partial charge in [0.1, 0.15) is 12.4 Å². The fraction of sp³-hybridized carbons (Fsp3) is 0.467. The van der Waals surface area contributed by atoms with Crippen LogP contribution in [0.15, 0.2) is 36.4 Å². The molecule has 0 atom stereocenters. The number of rotatable bonds is 8. The normalized spacial score (nSPS) is 14.5. The molecule has 18 heavy (non-hydrogen) atoms. The number of nitrogens with one attached hydrogen (secondary N) is 1. The smallest absolute Gasteiger partial charge is 0.119 e. The van der Waals surface area contributed by atoms with Gasteiger partial charge in [-0.3, -0.25) is 0 Å². The molecule has 0 aliphatic heterocycles. The zero-order valence-corrected chi connectivity index (χ0v) is 10.7. The fourth-order valence-corrected chi connectivity index (χ4v) is 1.69. The van der Waals surface area contributed by atoms with Crippen molar-refractivity contribution in [2.45, 2.75) is 25.3 Å². The monoisotopic (exact) mass is 247 g/mol. The minimum Gasteiger partial charge on any atom is -0.489 e. The van der Waals surface area contributed by atoms with E-state index in [1.807, 2.05) is 24.3 Å². The number of hydrogen-bond acceptors (Lipinski definition) is 3. The first-order chi connectivity index (χ1) is 8.78. The van der Waals surface area contributed by atoms with E-state index in [9.17, 15) is 0 Å². The lowest BCUT2D eigenvalue weighted by Crippen LogP contribution is -2.21. The topological polar surface area (TPSA) is 41.5 Å². The molecular weight excluding hydrogens is 226 g/mol. The van der Waals surface area contributed by atoms with Crippen molar-refractivity contribution in [2.24, 2.45) is 0 Å². The zero-order valence-electron chi connectivity index (χ0n) is 10.7. The van der Waals surface area contributed by atoms with E-state index >= 15 is 0 Å². The third-order valence-electron chi connectivity index (χ3n) is 2.98. The van der Waals surface area contributed by atoms with Crippen LogP contribution in [0.3, 0.4) is 0 Å². The number of aliphatic hydroxyl groups excluding tert-OH is 1. The maximum absolute atomic E-state index is 8.82. The largest absolute Gasteiger partial charge is 0.489 e. The summed E-state index contributed by atoms with van der Waals surface area (Å²) >= 11 is 0. The number of benzene rings is 1. The van der Waals surface area contributed by atoms with E-state index in [4.69, 9.17) is 9.84 Å². The van der Waals surface area contributed by atoms with Crippen molar-refractivity contribution in [3.05, 3.63) is 42.0 Å². The van der Waals surface area contributed by atoms with Crippen molar-refractivity contribution < 1.29 is 9.84 Å². The minimum atomic E-state index is 0.184. The van der Waals surface area contributed by atoms with Gasteiger partial charge in [0.25, 0.3) is 0 Å². The summed E-state index contributed by atoms with van der Waals surface area (Å²) in [6.07, 6.45) is 3.28.